The summed E-state index contributed by atoms with van der Waals surface area (Å²) in [5.41, 5.74) is 6.18. The molecule has 2 N–H and O–H groups in total. The maximum atomic E-state index is 12.8. The SMILES string of the molecule is CC1CC(CN)CN1C(=O)c1ccc2c(c1)S(=O)(=O)N(C1CC1)C2=O. The molecule has 25 heavy (non-hydrogen) atoms. The number of nitrogens with two attached hydrogens (primary N) is 1. The Morgan fingerprint density at radius 2 is 2.04 bits per heavy atom. The van der Waals surface area contributed by atoms with Crippen LogP contribution in [0.15, 0.2) is 23.1 Å². The van der Waals surface area contributed by atoms with E-state index in [0.29, 0.717) is 31.5 Å². The van der Waals surface area contributed by atoms with Crippen LogP contribution in [0.5, 0.6) is 0 Å². The first-order valence-electron chi connectivity index (χ1n) is 8.58. The molecule has 2 aliphatic heterocycles. The summed E-state index contributed by atoms with van der Waals surface area (Å²) in [6.07, 6.45) is 2.26. The third-order valence-electron chi connectivity index (χ3n) is 5.33. The van der Waals surface area contributed by atoms with Crippen LogP contribution >= 0.6 is 0 Å². The van der Waals surface area contributed by atoms with Crippen molar-refractivity contribution in [1.29, 1.82) is 0 Å². The first kappa shape index (κ1) is 16.5. The van der Waals surface area contributed by atoms with E-state index >= 15 is 0 Å². The Morgan fingerprint density at radius 3 is 2.64 bits per heavy atom. The van der Waals surface area contributed by atoms with Gasteiger partial charge in [0.05, 0.1) is 5.56 Å². The molecule has 1 aromatic carbocycles. The second-order valence-corrected chi connectivity index (χ2v) is 8.98. The first-order chi connectivity index (χ1) is 11.8. The molecule has 0 bridgehead atoms. The van der Waals surface area contributed by atoms with Gasteiger partial charge in [0.2, 0.25) is 0 Å². The number of benzene rings is 1. The Morgan fingerprint density at radius 1 is 1.32 bits per heavy atom. The van der Waals surface area contributed by atoms with Gasteiger partial charge in [-0.2, -0.15) is 0 Å². The molecular formula is C17H21N3O4S. The summed E-state index contributed by atoms with van der Waals surface area (Å²) in [4.78, 5) is 26.9. The average molecular weight is 363 g/mol. The van der Waals surface area contributed by atoms with Gasteiger partial charge in [0.1, 0.15) is 4.90 Å². The van der Waals surface area contributed by atoms with Gasteiger partial charge in [-0.15, -0.1) is 0 Å². The molecule has 1 aliphatic carbocycles. The fraction of sp³-hybridized carbons (Fsp3) is 0.529. The van der Waals surface area contributed by atoms with Crippen LogP contribution in [0.2, 0.25) is 0 Å². The molecule has 2 heterocycles. The molecule has 0 aromatic heterocycles. The van der Waals surface area contributed by atoms with Gasteiger partial charge in [-0.1, -0.05) is 0 Å². The van der Waals surface area contributed by atoms with E-state index in [9.17, 15) is 18.0 Å². The first-order valence-corrected chi connectivity index (χ1v) is 10.0. The van der Waals surface area contributed by atoms with Gasteiger partial charge in [0.15, 0.2) is 0 Å². The molecule has 0 radical (unpaired) electrons. The predicted molar refractivity (Wildman–Crippen MR) is 90.5 cm³/mol. The van der Waals surface area contributed by atoms with E-state index in [1.807, 2.05) is 6.92 Å². The van der Waals surface area contributed by atoms with Crippen molar-refractivity contribution >= 4 is 21.8 Å². The van der Waals surface area contributed by atoms with Gasteiger partial charge in [-0.05, 0) is 56.8 Å². The lowest BCUT2D eigenvalue weighted by Crippen LogP contribution is -2.34. The molecule has 2 unspecified atom stereocenters. The van der Waals surface area contributed by atoms with Gasteiger partial charge >= 0.3 is 0 Å². The van der Waals surface area contributed by atoms with Crippen LogP contribution in [-0.2, 0) is 10.0 Å². The third-order valence-corrected chi connectivity index (χ3v) is 7.21. The summed E-state index contributed by atoms with van der Waals surface area (Å²) in [5, 5.41) is 0. The molecular weight excluding hydrogens is 342 g/mol. The van der Waals surface area contributed by atoms with Crippen LogP contribution in [0.1, 0.15) is 46.9 Å². The zero-order chi connectivity index (χ0) is 17.9. The van der Waals surface area contributed by atoms with E-state index < -0.39 is 15.9 Å². The minimum atomic E-state index is -3.85. The van der Waals surface area contributed by atoms with Crippen molar-refractivity contribution in [3.8, 4) is 0 Å². The number of likely N-dealkylation sites (tertiary alicyclic amines) is 1. The van der Waals surface area contributed by atoms with Gasteiger partial charge in [0, 0.05) is 24.2 Å². The number of amides is 2. The lowest BCUT2D eigenvalue weighted by molar-refractivity contribution is 0.0742. The highest BCUT2D eigenvalue weighted by Gasteiger charge is 2.49. The summed E-state index contributed by atoms with van der Waals surface area (Å²) >= 11 is 0. The van der Waals surface area contributed by atoms with Crippen LogP contribution < -0.4 is 5.73 Å². The Balaban J connectivity index is 1.68. The molecule has 3 aliphatic rings. The van der Waals surface area contributed by atoms with Crippen LogP contribution in [-0.4, -0.2) is 54.6 Å². The molecule has 0 spiro atoms. The lowest BCUT2D eigenvalue weighted by atomic mass is 10.1. The molecule has 1 saturated heterocycles. The number of hydrogen-bond donors (Lipinski definition) is 1. The van der Waals surface area contributed by atoms with E-state index in [2.05, 4.69) is 0 Å². The van der Waals surface area contributed by atoms with E-state index in [-0.39, 0.29) is 34.4 Å². The fourth-order valence-corrected chi connectivity index (χ4v) is 5.65. The summed E-state index contributed by atoms with van der Waals surface area (Å²) in [6, 6.07) is 4.21. The van der Waals surface area contributed by atoms with Crippen molar-refractivity contribution in [1.82, 2.24) is 9.21 Å². The van der Waals surface area contributed by atoms with E-state index in [1.165, 1.54) is 12.1 Å². The van der Waals surface area contributed by atoms with Crippen LogP contribution in [0, 0.1) is 5.92 Å². The van der Waals surface area contributed by atoms with E-state index in [4.69, 9.17) is 5.73 Å². The predicted octanol–water partition coefficient (Wildman–Crippen LogP) is 0.803. The maximum Gasteiger partial charge on any atom is 0.269 e. The maximum absolute atomic E-state index is 12.8. The molecule has 1 aromatic rings. The smallest absolute Gasteiger partial charge is 0.269 e. The molecule has 2 amide bonds. The quantitative estimate of drug-likeness (QED) is 0.856. The molecule has 7 nitrogen and oxygen atoms in total. The Labute approximate surface area is 146 Å². The van der Waals surface area contributed by atoms with Gasteiger partial charge < -0.3 is 10.6 Å². The van der Waals surface area contributed by atoms with Crippen molar-refractivity contribution in [3.63, 3.8) is 0 Å². The number of sulfonamides is 1. The Bertz CT molecular complexity index is 863. The Kier molecular flexibility index (Phi) is 3.66. The van der Waals surface area contributed by atoms with Crippen molar-refractivity contribution in [2.75, 3.05) is 13.1 Å². The number of rotatable bonds is 3. The second-order valence-electron chi connectivity index (χ2n) is 7.19. The number of hydrogen-bond acceptors (Lipinski definition) is 5. The highest BCUT2D eigenvalue weighted by Crippen LogP contribution is 2.40. The summed E-state index contributed by atoms with van der Waals surface area (Å²) in [5.74, 6) is -0.419. The van der Waals surface area contributed by atoms with E-state index in [1.54, 1.807) is 11.0 Å². The minimum Gasteiger partial charge on any atom is -0.336 e. The standard InChI is InChI=1S/C17H21N3O4S/c1-10-6-11(8-18)9-19(10)16(21)12-2-5-14-15(7-12)25(23,24)20(17(14)22)13-3-4-13/h2,5,7,10-11,13H,3-4,6,8-9,18H2,1H3. The molecule has 4 rings (SSSR count). The second kappa shape index (κ2) is 5.54. The van der Waals surface area contributed by atoms with Gasteiger partial charge in [0.25, 0.3) is 21.8 Å². The minimum absolute atomic E-state index is 0.0440. The zero-order valence-corrected chi connectivity index (χ0v) is 14.8. The number of nitrogens with zero attached hydrogens (tertiary/aromatic N) is 2. The fourth-order valence-electron chi connectivity index (χ4n) is 3.81. The topological polar surface area (TPSA) is 101 Å². The highest BCUT2D eigenvalue weighted by atomic mass is 32.2. The van der Waals surface area contributed by atoms with Crippen LogP contribution in [0.25, 0.3) is 0 Å². The number of fused-ring (bicyclic) bond motifs is 1. The van der Waals surface area contributed by atoms with Crippen LogP contribution in [0.3, 0.4) is 0 Å². The molecule has 1 saturated carbocycles. The summed E-state index contributed by atoms with van der Waals surface area (Å²) < 4.78 is 26.4. The highest BCUT2D eigenvalue weighted by molar-refractivity contribution is 7.90. The normalized spacial score (nSPS) is 27.7. The third kappa shape index (κ3) is 2.46. The van der Waals surface area contributed by atoms with Crippen LogP contribution in [0.4, 0.5) is 0 Å². The van der Waals surface area contributed by atoms with Gasteiger partial charge in [-0.3, -0.25) is 9.59 Å². The largest absolute Gasteiger partial charge is 0.336 e. The number of carbonyl (C=O) groups excluding carboxylic acids is 2. The van der Waals surface area contributed by atoms with Crippen molar-refractivity contribution < 1.29 is 18.0 Å². The molecule has 2 atom stereocenters. The summed E-state index contributed by atoms with van der Waals surface area (Å²) in [6.45, 7) is 3.07. The number of carbonyl (C=O) groups is 2. The molecule has 8 heteroatoms. The van der Waals surface area contributed by atoms with Crippen molar-refractivity contribution in [2.45, 2.75) is 43.2 Å². The average Bonchev–Trinajstić information content (AvgIpc) is 3.30. The van der Waals surface area contributed by atoms with E-state index in [0.717, 1.165) is 10.7 Å². The summed E-state index contributed by atoms with van der Waals surface area (Å²) in [7, 11) is -3.85. The lowest BCUT2D eigenvalue weighted by Gasteiger charge is -2.21. The van der Waals surface area contributed by atoms with Crippen molar-refractivity contribution in [2.24, 2.45) is 11.7 Å². The zero-order valence-electron chi connectivity index (χ0n) is 14.0. The molecule has 2 fully saturated rings. The van der Waals surface area contributed by atoms with Gasteiger partial charge in [-0.25, -0.2) is 12.7 Å². The monoisotopic (exact) mass is 363 g/mol. The Hall–Kier alpha value is -1.93. The molecule has 134 valence electrons. The van der Waals surface area contributed by atoms with Crippen molar-refractivity contribution in [3.05, 3.63) is 29.3 Å².